The number of hydrogen-bond acceptors (Lipinski definition) is 4. The van der Waals surface area contributed by atoms with Crippen molar-refractivity contribution in [2.45, 2.75) is 25.5 Å². The molecule has 1 amide bonds. The molecular weight excluding hydrogens is 352 g/mol. The molecule has 0 radical (unpaired) electrons. The molecule has 0 saturated carbocycles. The first-order valence-electron chi connectivity index (χ1n) is 8.55. The number of anilines is 1. The molecule has 2 aromatic carbocycles. The third-order valence-corrected chi connectivity index (χ3v) is 4.38. The van der Waals surface area contributed by atoms with Crippen molar-refractivity contribution in [3.63, 3.8) is 0 Å². The number of methoxy groups -OCH3 is 1. The van der Waals surface area contributed by atoms with Gasteiger partial charge in [0.1, 0.15) is 5.75 Å². The lowest BCUT2D eigenvalue weighted by Gasteiger charge is -2.26. The van der Waals surface area contributed by atoms with Gasteiger partial charge in [0.05, 0.1) is 13.2 Å². The Morgan fingerprint density at radius 2 is 2.08 bits per heavy atom. The summed E-state index contributed by atoms with van der Waals surface area (Å²) in [5.74, 6) is 0.747. The Morgan fingerprint density at radius 3 is 2.77 bits per heavy atom. The van der Waals surface area contributed by atoms with Gasteiger partial charge in [-0.05, 0) is 48.7 Å². The molecule has 26 heavy (non-hydrogen) atoms. The minimum atomic E-state index is -0.0365. The van der Waals surface area contributed by atoms with Crippen molar-refractivity contribution in [3.05, 3.63) is 59.7 Å². The van der Waals surface area contributed by atoms with Crippen LogP contribution in [-0.4, -0.2) is 37.2 Å². The molecule has 140 valence electrons. The summed E-state index contributed by atoms with van der Waals surface area (Å²) in [4.78, 5) is 14.9. The molecule has 3 rings (SSSR count). The molecule has 0 spiro atoms. The summed E-state index contributed by atoms with van der Waals surface area (Å²) in [6, 6.07) is 14.9. The van der Waals surface area contributed by atoms with Crippen molar-refractivity contribution in [3.8, 4) is 5.75 Å². The Labute approximate surface area is 160 Å². The van der Waals surface area contributed by atoms with E-state index in [2.05, 4.69) is 0 Å². The fraction of sp³-hybridized carbons (Fsp3) is 0.350. The summed E-state index contributed by atoms with van der Waals surface area (Å²) in [6.45, 7) is 1.85. The van der Waals surface area contributed by atoms with Gasteiger partial charge in [-0.2, -0.15) is 0 Å². The van der Waals surface area contributed by atoms with Gasteiger partial charge in [0.15, 0.2) is 0 Å². The average molecular weight is 377 g/mol. The van der Waals surface area contributed by atoms with Gasteiger partial charge < -0.3 is 20.1 Å². The van der Waals surface area contributed by atoms with Crippen LogP contribution < -0.4 is 10.5 Å². The summed E-state index contributed by atoms with van der Waals surface area (Å²) in [5, 5.41) is 0. The Bertz CT molecular complexity index is 733. The number of carbonyl (C=O) groups is 1. The van der Waals surface area contributed by atoms with Crippen LogP contribution in [0.1, 0.15) is 28.8 Å². The van der Waals surface area contributed by atoms with E-state index >= 15 is 0 Å². The fourth-order valence-corrected chi connectivity index (χ4v) is 3.10. The van der Waals surface area contributed by atoms with E-state index in [1.807, 2.05) is 29.2 Å². The third-order valence-electron chi connectivity index (χ3n) is 4.38. The zero-order valence-electron chi connectivity index (χ0n) is 14.9. The summed E-state index contributed by atoms with van der Waals surface area (Å²) in [6.07, 6.45) is 2.12. The highest BCUT2D eigenvalue weighted by Crippen LogP contribution is 2.20. The van der Waals surface area contributed by atoms with E-state index in [9.17, 15) is 4.79 Å². The maximum atomic E-state index is 13.0. The van der Waals surface area contributed by atoms with Gasteiger partial charge in [0.2, 0.25) is 0 Å². The van der Waals surface area contributed by atoms with Crippen LogP contribution in [0.4, 0.5) is 5.69 Å². The van der Waals surface area contributed by atoms with E-state index in [1.54, 1.807) is 31.4 Å². The zero-order valence-corrected chi connectivity index (χ0v) is 15.7. The van der Waals surface area contributed by atoms with Crippen molar-refractivity contribution in [2.75, 3.05) is 26.0 Å². The molecule has 2 aromatic rings. The van der Waals surface area contributed by atoms with Gasteiger partial charge in [-0.25, -0.2) is 0 Å². The van der Waals surface area contributed by atoms with E-state index < -0.39 is 0 Å². The molecule has 1 fully saturated rings. The van der Waals surface area contributed by atoms with Gasteiger partial charge in [-0.1, -0.05) is 18.2 Å². The van der Waals surface area contributed by atoms with Crippen LogP contribution in [0.25, 0.3) is 0 Å². The lowest BCUT2D eigenvalue weighted by atomic mass is 10.1. The molecule has 1 saturated heterocycles. The molecule has 1 heterocycles. The van der Waals surface area contributed by atoms with E-state index in [4.69, 9.17) is 15.2 Å². The summed E-state index contributed by atoms with van der Waals surface area (Å²) in [5.41, 5.74) is 8.05. The average Bonchev–Trinajstić information content (AvgIpc) is 3.14. The summed E-state index contributed by atoms with van der Waals surface area (Å²) >= 11 is 0. The first-order chi connectivity index (χ1) is 12.2. The summed E-state index contributed by atoms with van der Waals surface area (Å²) in [7, 11) is 1.64. The number of rotatable bonds is 6. The number of hydrogen-bond donors (Lipinski definition) is 1. The molecule has 1 aliphatic rings. The largest absolute Gasteiger partial charge is 0.497 e. The van der Waals surface area contributed by atoms with Gasteiger partial charge in [0, 0.05) is 30.9 Å². The first-order valence-corrected chi connectivity index (χ1v) is 8.55. The van der Waals surface area contributed by atoms with Gasteiger partial charge in [0.25, 0.3) is 5.91 Å². The molecule has 0 aromatic heterocycles. The van der Waals surface area contributed by atoms with Crippen LogP contribution in [0.2, 0.25) is 0 Å². The molecule has 0 aliphatic carbocycles. The Kier molecular flexibility index (Phi) is 7.30. The Hall–Kier alpha value is -2.24. The second-order valence-corrected chi connectivity index (χ2v) is 6.30. The number of amides is 1. The minimum absolute atomic E-state index is 0. The van der Waals surface area contributed by atoms with Crippen LogP contribution in [0, 0.1) is 0 Å². The number of nitrogens with zero attached hydrogens (tertiary/aromatic N) is 1. The van der Waals surface area contributed by atoms with E-state index in [1.165, 1.54) is 0 Å². The standard InChI is InChI=1S/C20H24N2O3.ClH/c1-24-18-8-2-5-15(11-18)13-22(14-19-9-4-10-25-19)20(23)16-6-3-7-17(21)12-16;/h2-3,5-8,11-12,19H,4,9-10,13-14,21H2,1H3;1H. The van der Waals surface area contributed by atoms with Crippen LogP contribution >= 0.6 is 12.4 Å². The van der Waals surface area contributed by atoms with Crippen LogP contribution in [0.15, 0.2) is 48.5 Å². The highest BCUT2D eigenvalue weighted by Gasteiger charge is 2.24. The number of benzene rings is 2. The van der Waals surface area contributed by atoms with E-state index in [0.717, 1.165) is 30.8 Å². The van der Waals surface area contributed by atoms with Gasteiger partial charge in [-0.3, -0.25) is 4.79 Å². The monoisotopic (exact) mass is 376 g/mol. The molecule has 1 unspecified atom stereocenters. The predicted octanol–water partition coefficient (Wildman–Crippen LogP) is 3.52. The molecule has 1 aliphatic heterocycles. The second-order valence-electron chi connectivity index (χ2n) is 6.30. The SMILES string of the molecule is COc1cccc(CN(CC2CCCO2)C(=O)c2cccc(N)c2)c1.Cl. The quantitative estimate of drug-likeness (QED) is 0.783. The maximum Gasteiger partial charge on any atom is 0.254 e. The molecular formula is C20H25ClN2O3. The van der Waals surface area contributed by atoms with E-state index in [0.29, 0.717) is 24.3 Å². The second kappa shape index (κ2) is 9.46. The highest BCUT2D eigenvalue weighted by atomic mass is 35.5. The van der Waals surface area contributed by atoms with Crippen LogP contribution in [0.5, 0.6) is 5.75 Å². The van der Waals surface area contributed by atoms with Crippen molar-refractivity contribution < 1.29 is 14.3 Å². The number of nitrogen functional groups attached to an aromatic ring is 1. The van der Waals surface area contributed by atoms with Gasteiger partial charge in [-0.15, -0.1) is 12.4 Å². The van der Waals surface area contributed by atoms with Gasteiger partial charge >= 0.3 is 0 Å². The normalized spacial score (nSPS) is 16.0. The smallest absolute Gasteiger partial charge is 0.254 e. The number of halogens is 1. The lowest BCUT2D eigenvalue weighted by Crippen LogP contribution is -2.37. The highest BCUT2D eigenvalue weighted by molar-refractivity contribution is 5.95. The minimum Gasteiger partial charge on any atom is -0.497 e. The predicted molar refractivity (Wildman–Crippen MR) is 105 cm³/mol. The third kappa shape index (κ3) is 5.13. The van der Waals surface area contributed by atoms with Crippen molar-refractivity contribution in [2.24, 2.45) is 0 Å². The summed E-state index contributed by atoms with van der Waals surface area (Å²) < 4.78 is 11.0. The topological polar surface area (TPSA) is 64.8 Å². The molecule has 2 N–H and O–H groups in total. The molecule has 6 heteroatoms. The van der Waals surface area contributed by atoms with Crippen molar-refractivity contribution in [1.82, 2.24) is 4.90 Å². The maximum absolute atomic E-state index is 13.0. The first kappa shape index (κ1) is 20.1. The molecule has 1 atom stereocenters. The molecule has 0 bridgehead atoms. The Balaban J connectivity index is 0.00000243. The zero-order chi connectivity index (χ0) is 17.6. The van der Waals surface area contributed by atoms with Crippen LogP contribution in [0.3, 0.4) is 0 Å². The van der Waals surface area contributed by atoms with Crippen LogP contribution in [-0.2, 0) is 11.3 Å². The number of nitrogens with two attached hydrogens (primary N) is 1. The lowest BCUT2D eigenvalue weighted by molar-refractivity contribution is 0.0507. The number of carbonyl (C=O) groups excluding carboxylic acids is 1. The Morgan fingerprint density at radius 1 is 1.27 bits per heavy atom. The molecule has 5 nitrogen and oxygen atoms in total. The number of ether oxygens (including phenoxy) is 2. The van der Waals surface area contributed by atoms with E-state index in [-0.39, 0.29) is 24.4 Å². The van der Waals surface area contributed by atoms with Crippen molar-refractivity contribution in [1.29, 1.82) is 0 Å². The van der Waals surface area contributed by atoms with Crippen molar-refractivity contribution >= 4 is 24.0 Å². The fourth-order valence-electron chi connectivity index (χ4n) is 3.10.